The zero-order chi connectivity index (χ0) is 19.5. The lowest BCUT2D eigenvalue weighted by molar-refractivity contribution is 0.0590. The number of carbonyl (C=O) groups is 1. The Hall–Kier alpha value is -3.28. The zero-order valence-corrected chi connectivity index (χ0v) is 15.7. The van der Waals surface area contributed by atoms with E-state index in [2.05, 4.69) is 4.98 Å². The number of hydrogen-bond donors (Lipinski definition) is 1. The number of amides is 1. The number of aromatic hydroxyl groups is 1. The Kier molecular flexibility index (Phi) is 5.02. The van der Waals surface area contributed by atoms with E-state index in [0.717, 1.165) is 29.7 Å². The number of para-hydroxylation sites is 1. The molecule has 144 valence electrons. The summed E-state index contributed by atoms with van der Waals surface area (Å²) >= 11 is 0. The molecule has 6 heteroatoms. The van der Waals surface area contributed by atoms with Crippen LogP contribution in [-0.4, -0.2) is 47.2 Å². The van der Waals surface area contributed by atoms with Gasteiger partial charge in [0.15, 0.2) is 0 Å². The molecule has 0 radical (unpaired) electrons. The maximum absolute atomic E-state index is 12.8. The monoisotopic (exact) mass is 378 g/mol. The summed E-state index contributed by atoms with van der Waals surface area (Å²) in [6.07, 6.45) is 1.56. The van der Waals surface area contributed by atoms with E-state index in [-0.39, 0.29) is 17.8 Å². The van der Waals surface area contributed by atoms with Crippen LogP contribution in [0.4, 0.5) is 0 Å². The minimum Gasteiger partial charge on any atom is -0.506 e. The standard InChI is InChI=1S/C22H22N2O4/c1-27-17-5-3-6-18(14-17)28-16-10-12-24(13-11-16)22(26)19-9-8-15-4-2-7-20(25)21(15)23-19/h2-9,14,16,25H,10-13H2,1H3. The van der Waals surface area contributed by atoms with Crippen LogP contribution < -0.4 is 9.47 Å². The molecule has 1 aliphatic rings. The number of phenolic OH excluding ortho intramolecular Hbond substituents is 1. The fourth-order valence-electron chi connectivity index (χ4n) is 3.46. The van der Waals surface area contributed by atoms with Crippen molar-refractivity contribution in [3.8, 4) is 17.2 Å². The summed E-state index contributed by atoms with van der Waals surface area (Å²) in [7, 11) is 1.63. The van der Waals surface area contributed by atoms with Gasteiger partial charge in [-0.2, -0.15) is 0 Å². The quantitative estimate of drug-likeness (QED) is 0.751. The molecule has 28 heavy (non-hydrogen) atoms. The molecule has 1 aromatic heterocycles. The van der Waals surface area contributed by atoms with Gasteiger partial charge in [-0.1, -0.05) is 24.3 Å². The van der Waals surface area contributed by atoms with E-state index in [0.29, 0.717) is 24.3 Å². The van der Waals surface area contributed by atoms with E-state index < -0.39 is 0 Å². The third-order valence-corrected chi connectivity index (χ3v) is 4.99. The van der Waals surface area contributed by atoms with Gasteiger partial charge in [0.2, 0.25) is 0 Å². The van der Waals surface area contributed by atoms with Gasteiger partial charge in [0.1, 0.15) is 34.6 Å². The maximum Gasteiger partial charge on any atom is 0.272 e. The maximum atomic E-state index is 12.8. The summed E-state index contributed by atoms with van der Waals surface area (Å²) < 4.78 is 11.3. The number of pyridine rings is 1. The highest BCUT2D eigenvalue weighted by molar-refractivity contribution is 5.96. The first-order chi connectivity index (χ1) is 13.6. The summed E-state index contributed by atoms with van der Waals surface area (Å²) in [6.45, 7) is 1.21. The number of fused-ring (bicyclic) bond motifs is 1. The molecular weight excluding hydrogens is 356 g/mol. The number of rotatable bonds is 4. The fraction of sp³-hybridized carbons (Fsp3) is 0.273. The zero-order valence-electron chi connectivity index (χ0n) is 15.7. The fourth-order valence-corrected chi connectivity index (χ4v) is 3.46. The van der Waals surface area contributed by atoms with Crippen LogP contribution in [0.5, 0.6) is 17.2 Å². The highest BCUT2D eigenvalue weighted by atomic mass is 16.5. The Morgan fingerprint density at radius 1 is 1.07 bits per heavy atom. The summed E-state index contributed by atoms with van der Waals surface area (Å²) in [6, 6.07) is 16.3. The highest BCUT2D eigenvalue weighted by Gasteiger charge is 2.25. The first-order valence-electron chi connectivity index (χ1n) is 9.33. The molecule has 1 N–H and O–H groups in total. The van der Waals surface area contributed by atoms with Crippen LogP contribution >= 0.6 is 0 Å². The van der Waals surface area contributed by atoms with Crippen molar-refractivity contribution in [3.05, 3.63) is 60.3 Å². The van der Waals surface area contributed by atoms with Crippen molar-refractivity contribution < 1.29 is 19.4 Å². The van der Waals surface area contributed by atoms with Gasteiger partial charge >= 0.3 is 0 Å². The highest BCUT2D eigenvalue weighted by Crippen LogP contribution is 2.25. The molecule has 0 atom stereocenters. The molecule has 2 aromatic carbocycles. The average Bonchev–Trinajstić information content (AvgIpc) is 2.74. The number of phenols is 1. The van der Waals surface area contributed by atoms with Crippen LogP contribution in [0.3, 0.4) is 0 Å². The molecule has 0 aliphatic carbocycles. The molecule has 2 heterocycles. The van der Waals surface area contributed by atoms with Crippen molar-refractivity contribution >= 4 is 16.8 Å². The van der Waals surface area contributed by atoms with Gasteiger partial charge in [0.05, 0.1) is 7.11 Å². The van der Waals surface area contributed by atoms with Crippen molar-refractivity contribution in [2.75, 3.05) is 20.2 Å². The Balaban J connectivity index is 1.40. The minimum atomic E-state index is -0.120. The van der Waals surface area contributed by atoms with E-state index >= 15 is 0 Å². The molecule has 0 spiro atoms. The van der Waals surface area contributed by atoms with Crippen molar-refractivity contribution in [3.63, 3.8) is 0 Å². The van der Waals surface area contributed by atoms with Crippen molar-refractivity contribution in [2.45, 2.75) is 18.9 Å². The predicted octanol–water partition coefficient (Wildman–Crippen LogP) is 3.63. The predicted molar refractivity (Wildman–Crippen MR) is 106 cm³/mol. The summed E-state index contributed by atoms with van der Waals surface area (Å²) in [5.41, 5.74) is 0.797. The van der Waals surface area contributed by atoms with Gasteiger partial charge in [0.25, 0.3) is 5.91 Å². The third-order valence-electron chi connectivity index (χ3n) is 4.99. The Morgan fingerprint density at radius 3 is 2.61 bits per heavy atom. The van der Waals surface area contributed by atoms with Gasteiger partial charge in [-0.3, -0.25) is 4.79 Å². The minimum absolute atomic E-state index is 0.0600. The number of aromatic nitrogens is 1. The average molecular weight is 378 g/mol. The van der Waals surface area contributed by atoms with E-state index in [4.69, 9.17) is 9.47 Å². The van der Waals surface area contributed by atoms with Gasteiger partial charge < -0.3 is 19.5 Å². The molecule has 6 nitrogen and oxygen atoms in total. The Bertz CT molecular complexity index is 997. The van der Waals surface area contributed by atoms with E-state index in [1.807, 2.05) is 36.4 Å². The Labute approximate surface area is 163 Å². The molecule has 1 fully saturated rings. The first-order valence-corrected chi connectivity index (χ1v) is 9.33. The van der Waals surface area contributed by atoms with Crippen LogP contribution in [0.15, 0.2) is 54.6 Å². The van der Waals surface area contributed by atoms with Crippen LogP contribution in [-0.2, 0) is 0 Å². The largest absolute Gasteiger partial charge is 0.506 e. The second-order valence-electron chi connectivity index (χ2n) is 6.83. The molecule has 1 aliphatic heterocycles. The lowest BCUT2D eigenvalue weighted by Gasteiger charge is -2.32. The number of hydrogen-bond acceptors (Lipinski definition) is 5. The van der Waals surface area contributed by atoms with Gasteiger partial charge in [-0.05, 0) is 24.3 Å². The van der Waals surface area contributed by atoms with Gasteiger partial charge in [-0.25, -0.2) is 4.98 Å². The van der Waals surface area contributed by atoms with E-state index in [9.17, 15) is 9.90 Å². The van der Waals surface area contributed by atoms with Gasteiger partial charge in [-0.15, -0.1) is 0 Å². The number of nitrogens with zero attached hydrogens (tertiary/aromatic N) is 2. The molecule has 1 saturated heterocycles. The topological polar surface area (TPSA) is 71.9 Å². The smallest absolute Gasteiger partial charge is 0.272 e. The summed E-state index contributed by atoms with van der Waals surface area (Å²) in [5.74, 6) is 1.49. The molecule has 0 unspecified atom stereocenters. The number of likely N-dealkylation sites (tertiary alicyclic amines) is 1. The lowest BCUT2D eigenvalue weighted by Crippen LogP contribution is -2.42. The molecule has 1 amide bonds. The number of ether oxygens (including phenoxy) is 2. The van der Waals surface area contributed by atoms with Crippen LogP contribution in [0.1, 0.15) is 23.3 Å². The van der Waals surface area contributed by atoms with E-state index in [1.54, 1.807) is 30.2 Å². The second-order valence-corrected chi connectivity index (χ2v) is 6.83. The lowest BCUT2D eigenvalue weighted by atomic mass is 10.1. The molecule has 4 rings (SSSR count). The number of methoxy groups -OCH3 is 1. The summed E-state index contributed by atoms with van der Waals surface area (Å²) in [5, 5.41) is 10.8. The molecule has 0 bridgehead atoms. The number of carbonyl (C=O) groups excluding carboxylic acids is 1. The molecule has 3 aromatic rings. The van der Waals surface area contributed by atoms with Crippen molar-refractivity contribution in [2.24, 2.45) is 0 Å². The summed E-state index contributed by atoms with van der Waals surface area (Å²) in [4.78, 5) is 19.0. The SMILES string of the molecule is COc1cccc(OC2CCN(C(=O)c3ccc4cccc(O)c4n3)CC2)c1. The normalized spacial score (nSPS) is 14.8. The van der Waals surface area contributed by atoms with Crippen molar-refractivity contribution in [1.82, 2.24) is 9.88 Å². The third kappa shape index (κ3) is 3.71. The van der Waals surface area contributed by atoms with Crippen molar-refractivity contribution in [1.29, 1.82) is 0 Å². The molecule has 0 saturated carbocycles. The van der Waals surface area contributed by atoms with Crippen LogP contribution in [0.2, 0.25) is 0 Å². The molecular formula is C22H22N2O4. The van der Waals surface area contributed by atoms with E-state index in [1.165, 1.54) is 0 Å². The second kappa shape index (κ2) is 7.76. The first kappa shape index (κ1) is 18.1. The van der Waals surface area contributed by atoms with Crippen LogP contribution in [0.25, 0.3) is 10.9 Å². The number of benzene rings is 2. The Morgan fingerprint density at radius 2 is 1.82 bits per heavy atom. The van der Waals surface area contributed by atoms with Gasteiger partial charge in [0, 0.05) is 37.4 Å². The number of piperidine rings is 1. The van der Waals surface area contributed by atoms with Crippen LogP contribution in [0, 0.1) is 0 Å².